The van der Waals surface area contributed by atoms with E-state index in [0.29, 0.717) is 6.42 Å². The van der Waals surface area contributed by atoms with E-state index in [1.54, 1.807) is 0 Å². The van der Waals surface area contributed by atoms with Crippen LogP contribution in [0.4, 0.5) is 0 Å². The summed E-state index contributed by atoms with van der Waals surface area (Å²) in [6, 6.07) is 0. The molecular formula is C8H11N3O4. The maximum Gasteiger partial charge on any atom is 0.303 e. The largest absolute Gasteiger partial charge is 0.481 e. The smallest absolute Gasteiger partial charge is 0.303 e. The monoisotopic (exact) mass is 213 g/mol. The Morgan fingerprint density at radius 2 is 1.93 bits per heavy atom. The molecule has 7 nitrogen and oxygen atoms in total. The summed E-state index contributed by atoms with van der Waals surface area (Å²) < 4.78 is 0. The van der Waals surface area contributed by atoms with Crippen molar-refractivity contribution in [2.24, 2.45) is 4.99 Å². The van der Waals surface area contributed by atoms with Crippen molar-refractivity contribution < 1.29 is 19.5 Å². The first kappa shape index (κ1) is 11.2. The van der Waals surface area contributed by atoms with Crippen LogP contribution in [0.15, 0.2) is 4.99 Å². The predicted octanol–water partition coefficient (Wildman–Crippen LogP) is -1.16. The number of aliphatic imine (C=N–C) groups is 1. The van der Waals surface area contributed by atoms with Crippen LogP contribution in [0, 0.1) is 0 Å². The van der Waals surface area contributed by atoms with Crippen molar-refractivity contribution in [3.63, 3.8) is 0 Å². The van der Waals surface area contributed by atoms with Crippen molar-refractivity contribution >= 4 is 23.7 Å². The number of amides is 2. The second kappa shape index (κ2) is 5.08. The Labute approximate surface area is 85.6 Å². The molecule has 3 N–H and O–H groups in total. The number of nitrogens with one attached hydrogen (secondary N) is 2. The Hall–Kier alpha value is -1.92. The molecule has 0 atom stereocenters. The van der Waals surface area contributed by atoms with Gasteiger partial charge in [0.1, 0.15) is 6.42 Å². The second-order valence-electron chi connectivity index (χ2n) is 3.00. The highest BCUT2D eigenvalue weighted by molar-refractivity contribution is 6.15. The van der Waals surface area contributed by atoms with Crippen molar-refractivity contribution in [1.82, 2.24) is 10.6 Å². The van der Waals surface area contributed by atoms with E-state index in [1.807, 2.05) is 0 Å². The summed E-state index contributed by atoms with van der Waals surface area (Å²) in [6.07, 6.45) is 0.178. The molecule has 0 spiro atoms. The van der Waals surface area contributed by atoms with Gasteiger partial charge in [-0.1, -0.05) is 0 Å². The van der Waals surface area contributed by atoms with Crippen LogP contribution in [0.25, 0.3) is 0 Å². The van der Waals surface area contributed by atoms with E-state index in [-0.39, 0.29) is 25.3 Å². The molecule has 82 valence electrons. The van der Waals surface area contributed by atoms with E-state index in [0.717, 1.165) is 0 Å². The predicted molar refractivity (Wildman–Crippen MR) is 50.1 cm³/mol. The number of nitrogens with zero attached hydrogens (tertiary/aromatic N) is 1. The zero-order valence-corrected chi connectivity index (χ0v) is 7.95. The number of carboxylic acids is 1. The molecule has 1 rings (SSSR count). The number of hydrogen-bond acceptors (Lipinski definition) is 4. The number of rotatable bonds is 4. The van der Waals surface area contributed by atoms with Gasteiger partial charge in [-0.2, -0.15) is 0 Å². The third-order valence-electron chi connectivity index (χ3n) is 1.66. The third-order valence-corrected chi connectivity index (χ3v) is 1.66. The lowest BCUT2D eigenvalue weighted by atomic mass is 10.3. The number of carbonyl (C=O) groups is 3. The summed E-state index contributed by atoms with van der Waals surface area (Å²) in [6.45, 7) is 0.252. The van der Waals surface area contributed by atoms with E-state index >= 15 is 0 Å². The van der Waals surface area contributed by atoms with Gasteiger partial charge in [0.05, 0.1) is 0 Å². The Kier molecular flexibility index (Phi) is 3.78. The Morgan fingerprint density at radius 1 is 1.33 bits per heavy atom. The van der Waals surface area contributed by atoms with Crippen LogP contribution >= 0.6 is 0 Å². The van der Waals surface area contributed by atoms with Crippen LogP contribution in [0.1, 0.15) is 19.3 Å². The minimum Gasteiger partial charge on any atom is -0.481 e. The molecule has 0 aromatic heterocycles. The first-order valence-electron chi connectivity index (χ1n) is 4.44. The topological polar surface area (TPSA) is 108 Å². The molecule has 2 amide bonds. The fourth-order valence-corrected chi connectivity index (χ4v) is 1.03. The maximum atomic E-state index is 10.9. The summed E-state index contributed by atoms with van der Waals surface area (Å²) in [4.78, 5) is 35.8. The number of carboxylic acid groups (broad SMARTS) is 1. The van der Waals surface area contributed by atoms with Crippen molar-refractivity contribution in [1.29, 1.82) is 0 Å². The fraction of sp³-hybridized carbons (Fsp3) is 0.500. The normalized spacial score (nSPS) is 15.6. The van der Waals surface area contributed by atoms with E-state index in [1.165, 1.54) is 0 Å². The minimum absolute atomic E-state index is 0.0126. The van der Waals surface area contributed by atoms with Gasteiger partial charge >= 0.3 is 5.97 Å². The average molecular weight is 213 g/mol. The molecule has 0 aliphatic carbocycles. The van der Waals surface area contributed by atoms with Gasteiger partial charge in [-0.25, -0.2) is 0 Å². The lowest BCUT2D eigenvalue weighted by Gasteiger charge is -2.14. The van der Waals surface area contributed by atoms with Crippen molar-refractivity contribution in [3.05, 3.63) is 0 Å². The molecule has 7 heteroatoms. The molecule has 0 saturated carbocycles. The van der Waals surface area contributed by atoms with Crippen LogP contribution < -0.4 is 10.6 Å². The molecule has 15 heavy (non-hydrogen) atoms. The van der Waals surface area contributed by atoms with E-state index in [4.69, 9.17) is 5.11 Å². The van der Waals surface area contributed by atoms with Crippen LogP contribution in [-0.2, 0) is 14.4 Å². The summed E-state index contributed by atoms with van der Waals surface area (Å²) >= 11 is 0. The molecule has 1 aliphatic rings. The molecule has 1 aliphatic heterocycles. The van der Waals surface area contributed by atoms with Crippen molar-refractivity contribution in [2.75, 3.05) is 6.54 Å². The Balaban J connectivity index is 2.35. The highest BCUT2D eigenvalue weighted by Gasteiger charge is 2.19. The van der Waals surface area contributed by atoms with Gasteiger partial charge in [-0.3, -0.25) is 30.0 Å². The SMILES string of the molecule is O=C(O)CCCN=C1NC(=O)CC(=O)N1. The maximum absolute atomic E-state index is 10.9. The quantitative estimate of drug-likeness (QED) is 0.404. The van der Waals surface area contributed by atoms with E-state index in [2.05, 4.69) is 15.6 Å². The third kappa shape index (κ3) is 4.21. The van der Waals surface area contributed by atoms with Crippen LogP contribution in [-0.4, -0.2) is 35.4 Å². The average Bonchev–Trinajstić information content (AvgIpc) is 2.10. The Bertz CT molecular complexity index is 306. The summed E-state index contributed by atoms with van der Waals surface area (Å²) in [5.41, 5.74) is 0. The van der Waals surface area contributed by atoms with Crippen LogP contribution in [0.3, 0.4) is 0 Å². The van der Waals surface area contributed by atoms with Crippen LogP contribution in [0.5, 0.6) is 0 Å². The lowest BCUT2D eigenvalue weighted by molar-refractivity contribution is -0.137. The molecule has 0 unspecified atom stereocenters. The van der Waals surface area contributed by atoms with Gasteiger partial charge in [0.25, 0.3) is 0 Å². The number of hydrogen-bond donors (Lipinski definition) is 3. The number of carbonyl (C=O) groups excluding carboxylic acids is 2. The first-order valence-corrected chi connectivity index (χ1v) is 4.44. The zero-order chi connectivity index (χ0) is 11.3. The Morgan fingerprint density at radius 3 is 2.47 bits per heavy atom. The number of guanidine groups is 1. The molecule has 0 bridgehead atoms. The van der Waals surface area contributed by atoms with Gasteiger partial charge < -0.3 is 5.11 Å². The highest BCUT2D eigenvalue weighted by Crippen LogP contribution is 1.92. The standard InChI is InChI=1S/C8H11N3O4/c12-5-4-6(13)11-8(10-5)9-3-1-2-7(14)15/h1-4H2,(H,14,15)(H2,9,10,11,12,13). The second-order valence-corrected chi connectivity index (χ2v) is 3.00. The van der Waals surface area contributed by atoms with Crippen molar-refractivity contribution in [3.8, 4) is 0 Å². The first-order chi connectivity index (χ1) is 7.08. The van der Waals surface area contributed by atoms with Crippen LogP contribution in [0.2, 0.25) is 0 Å². The highest BCUT2D eigenvalue weighted by atomic mass is 16.4. The van der Waals surface area contributed by atoms with Gasteiger partial charge in [0.2, 0.25) is 17.8 Å². The van der Waals surface area contributed by atoms with E-state index < -0.39 is 17.8 Å². The van der Waals surface area contributed by atoms with Gasteiger partial charge in [0, 0.05) is 13.0 Å². The molecular weight excluding hydrogens is 202 g/mol. The van der Waals surface area contributed by atoms with Crippen molar-refractivity contribution in [2.45, 2.75) is 19.3 Å². The molecule has 0 aromatic rings. The minimum atomic E-state index is -0.896. The fourth-order valence-electron chi connectivity index (χ4n) is 1.03. The molecule has 1 fully saturated rings. The zero-order valence-electron chi connectivity index (χ0n) is 7.95. The molecule has 0 aromatic carbocycles. The van der Waals surface area contributed by atoms with E-state index in [9.17, 15) is 14.4 Å². The van der Waals surface area contributed by atoms with Gasteiger partial charge in [0.15, 0.2) is 0 Å². The molecule has 0 radical (unpaired) electrons. The summed E-state index contributed by atoms with van der Waals surface area (Å²) in [5.74, 6) is -1.61. The van der Waals surface area contributed by atoms with Gasteiger partial charge in [-0.05, 0) is 6.42 Å². The van der Waals surface area contributed by atoms with Gasteiger partial charge in [-0.15, -0.1) is 0 Å². The summed E-state index contributed by atoms with van der Waals surface area (Å²) in [5, 5.41) is 13.1. The molecule has 1 heterocycles. The lowest BCUT2D eigenvalue weighted by Crippen LogP contribution is -2.50. The number of aliphatic carboxylic acids is 1. The molecule has 1 saturated heterocycles. The summed E-state index contributed by atoms with van der Waals surface area (Å²) in [7, 11) is 0.